The first-order valence-electron chi connectivity index (χ1n) is 10.0. The highest BCUT2D eigenvalue weighted by molar-refractivity contribution is 7.89. The number of rotatable bonds is 9. The van der Waals surface area contributed by atoms with Crippen molar-refractivity contribution in [3.05, 3.63) is 84.0 Å². The van der Waals surface area contributed by atoms with Crippen LogP contribution in [0.15, 0.2) is 77.7 Å². The molecule has 1 aromatic heterocycles. The van der Waals surface area contributed by atoms with Crippen molar-refractivity contribution in [3.63, 3.8) is 0 Å². The van der Waals surface area contributed by atoms with Crippen molar-refractivity contribution in [2.24, 2.45) is 4.99 Å². The molecule has 3 aromatic rings. The smallest absolute Gasteiger partial charge is 0.279 e. The van der Waals surface area contributed by atoms with E-state index in [-0.39, 0.29) is 29.4 Å². The molecule has 0 N–H and O–H groups in total. The van der Waals surface area contributed by atoms with Crippen molar-refractivity contribution >= 4 is 37.5 Å². The Hall–Kier alpha value is -2.88. The number of thiazole rings is 1. The minimum Gasteiger partial charge on any atom is -0.316 e. The SMILES string of the molecule is C=CCN(CC=C)S(=O)(=O)c1ccc(C(=O)N=c2sc3cc(F)ccc3n2CCC)cc1. The maximum Gasteiger partial charge on any atom is 0.279 e. The number of carbonyl (C=O) groups excluding carboxylic acids is 1. The number of fused-ring (bicyclic) bond motifs is 1. The van der Waals surface area contributed by atoms with Crippen LogP contribution in [0.4, 0.5) is 4.39 Å². The number of sulfonamides is 1. The number of carbonyl (C=O) groups is 1. The molecule has 0 aliphatic rings. The molecule has 0 saturated carbocycles. The lowest BCUT2D eigenvalue weighted by Crippen LogP contribution is -2.31. The summed E-state index contributed by atoms with van der Waals surface area (Å²) in [5.74, 6) is -0.848. The van der Waals surface area contributed by atoms with Crippen molar-refractivity contribution in [3.8, 4) is 0 Å². The van der Waals surface area contributed by atoms with Crippen molar-refractivity contribution in [2.45, 2.75) is 24.8 Å². The van der Waals surface area contributed by atoms with Gasteiger partial charge in [-0.25, -0.2) is 12.8 Å². The standard InChI is InChI=1S/C23H24FN3O3S2/c1-4-13-26(14-5-2)32(29,30)19-10-7-17(8-11-19)22(28)25-23-27(15-6-3)20-12-9-18(24)16-21(20)31-23/h4-5,7-12,16H,1-2,6,13-15H2,3H3. The molecule has 0 bridgehead atoms. The molecule has 6 nitrogen and oxygen atoms in total. The summed E-state index contributed by atoms with van der Waals surface area (Å²) in [7, 11) is -3.75. The van der Waals surface area contributed by atoms with Crippen LogP contribution in [-0.4, -0.2) is 36.3 Å². The van der Waals surface area contributed by atoms with Gasteiger partial charge in [-0.05, 0) is 48.9 Å². The first-order chi connectivity index (χ1) is 15.3. The Morgan fingerprint density at radius 3 is 2.41 bits per heavy atom. The number of hydrogen-bond donors (Lipinski definition) is 0. The van der Waals surface area contributed by atoms with Crippen molar-refractivity contribution in [1.82, 2.24) is 8.87 Å². The van der Waals surface area contributed by atoms with Crippen LogP contribution in [0.3, 0.4) is 0 Å². The Kier molecular flexibility index (Phi) is 7.55. The van der Waals surface area contributed by atoms with Crippen molar-refractivity contribution in [1.29, 1.82) is 0 Å². The molecule has 0 radical (unpaired) electrons. The van der Waals surface area contributed by atoms with Gasteiger partial charge in [0.15, 0.2) is 4.80 Å². The summed E-state index contributed by atoms with van der Waals surface area (Å²) in [5.41, 5.74) is 1.07. The van der Waals surface area contributed by atoms with Crippen LogP contribution in [0.1, 0.15) is 23.7 Å². The van der Waals surface area contributed by atoms with E-state index in [1.165, 1.54) is 64.2 Å². The molecule has 0 unspecified atom stereocenters. The molecule has 1 heterocycles. The highest BCUT2D eigenvalue weighted by Gasteiger charge is 2.22. The number of amides is 1. The molecule has 0 aliphatic heterocycles. The highest BCUT2D eigenvalue weighted by Crippen LogP contribution is 2.20. The number of nitrogens with zero attached hydrogens (tertiary/aromatic N) is 3. The summed E-state index contributed by atoms with van der Waals surface area (Å²) >= 11 is 1.24. The van der Waals surface area contributed by atoms with Crippen molar-refractivity contribution in [2.75, 3.05) is 13.1 Å². The molecule has 9 heteroatoms. The van der Waals surface area contributed by atoms with Gasteiger partial charge in [0.25, 0.3) is 5.91 Å². The van der Waals surface area contributed by atoms with E-state index in [0.29, 0.717) is 16.0 Å². The predicted octanol–water partition coefficient (Wildman–Crippen LogP) is 4.36. The second-order valence-electron chi connectivity index (χ2n) is 6.99. The van der Waals surface area contributed by atoms with Crippen LogP contribution >= 0.6 is 11.3 Å². The summed E-state index contributed by atoms with van der Waals surface area (Å²) in [5, 5.41) is 0. The number of aromatic nitrogens is 1. The monoisotopic (exact) mass is 473 g/mol. The quantitative estimate of drug-likeness (QED) is 0.434. The summed E-state index contributed by atoms with van der Waals surface area (Å²) in [6.07, 6.45) is 3.82. The van der Waals surface area contributed by atoms with E-state index >= 15 is 0 Å². The van der Waals surface area contributed by atoms with Crippen LogP contribution in [-0.2, 0) is 16.6 Å². The summed E-state index contributed by atoms with van der Waals surface area (Å²) in [4.78, 5) is 17.6. The fourth-order valence-electron chi connectivity index (χ4n) is 3.20. The van der Waals surface area contributed by atoms with E-state index in [1.807, 2.05) is 11.5 Å². The van der Waals surface area contributed by atoms with Gasteiger partial charge in [0.2, 0.25) is 10.0 Å². The molecule has 0 spiro atoms. The lowest BCUT2D eigenvalue weighted by molar-refractivity contribution is 0.0997. The third-order valence-electron chi connectivity index (χ3n) is 4.69. The Balaban J connectivity index is 1.96. The Morgan fingerprint density at radius 1 is 1.16 bits per heavy atom. The third kappa shape index (κ3) is 4.95. The topological polar surface area (TPSA) is 71.7 Å². The molecule has 1 amide bonds. The molecule has 32 heavy (non-hydrogen) atoms. The van der Waals surface area contributed by atoms with E-state index in [2.05, 4.69) is 18.2 Å². The zero-order valence-corrected chi connectivity index (χ0v) is 19.3. The lowest BCUT2D eigenvalue weighted by Gasteiger charge is -2.19. The summed E-state index contributed by atoms with van der Waals surface area (Å²) in [6, 6.07) is 10.1. The number of aryl methyl sites for hydroxylation is 1. The fourth-order valence-corrected chi connectivity index (χ4v) is 5.66. The molecular weight excluding hydrogens is 449 g/mol. The van der Waals surface area contributed by atoms with E-state index < -0.39 is 15.9 Å². The van der Waals surface area contributed by atoms with E-state index in [1.54, 1.807) is 6.07 Å². The van der Waals surface area contributed by atoms with Gasteiger partial charge in [0, 0.05) is 25.2 Å². The summed E-state index contributed by atoms with van der Waals surface area (Å²) in [6.45, 7) is 10.1. The first-order valence-corrected chi connectivity index (χ1v) is 12.3. The van der Waals surface area contributed by atoms with Gasteiger partial charge in [-0.2, -0.15) is 9.30 Å². The third-order valence-corrected chi connectivity index (χ3v) is 7.58. The second kappa shape index (κ2) is 10.2. The zero-order chi connectivity index (χ0) is 23.3. The van der Waals surface area contributed by atoms with Crippen LogP contribution < -0.4 is 4.80 Å². The predicted molar refractivity (Wildman–Crippen MR) is 126 cm³/mol. The Bertz CT molecular complexity index is 1310. The Morgan fingerprint density at radius 2 is 1.81 bits per heavy atom. The van der Waals surface area contributed by atoms with Gasteiger partial charge in [-0.15, -0.1) is 13.2 Å². The van der Waals surface area contributed by atoms with Gasteiger partial charge < -0.3 is 4.57 Å². The maximum absolute atomic E-state index is 13.6. The molecule has 3 rings (SSSR count). The second-order valence-corrected chi connectivity index (χ2v) is 9.94. The van der Waals surface area contributed by atoms with Crippen LogP contribution in [0.25, 0.3) is 10.2 Å². The lowest BCUT2D eigenvalue weighted by atomic mass is 10.2. The van der Waals surface area contributed by atoms with Crippen LogP contribution in [0, 0.1) is 5.82 Å². The molecule has 0 fully saturated rings. The number of hydrogen-bond acceptors (Lipinski definition) is 4. The fraction of sp³-hybridized carbons (Fsp3) is 0.217. The van der Waals surface area contributed by atoms with Gasteiger partial charge in [0.1, 0.15) is 5.82 Å². The molecular formula is C23H24FN3O3S2. The van der Waals surface area contributed by atoms with E-state index in [9.17, 15) is 17.6 Å². The molecule has 0 saturated heterocycles. The van der Waals surface area contributed by atoms with Crippen molar-refractivity contribution < 1.29 is 17.6 Å². The molecule has 0 atom stereocenters. The minimum atomic E-state index is -3.75. The average molecular weight is 474 g/mol. The van der Waals surface area contributed by atoms with Crippen LogP contribution in [0.5, 0.6) is 0 Å². The number of halogens is 1. The first kappa shape index (κ1) is 23.8. The largest absolute Gasteiger partial charge is 0.316 e. The normalized spacial score (nSPS) is 12.4. The van der Waals surface area contributed by atoms with Gasteiger partial charge in [-0.1, -0.05) is 30.4 Å². The zero-order valence-electron chi connectivity index (χ0n) is 17.7. The average Bonchev–Trinajstić information content (AvgIpc) is 3.09. The van der Waals surface area contributed by atoms with E-state index in [4.69, 9.17) is 0 Å². The number of benzene rings is 2. The van der Waals surface area contributed by atoms with Crippen LogP contribution in [0.2, 0.25) is 0 Å². The van der Waals surface area contributed by atoms with Gasteiger partial charge in [-0.3, -0.25) is 4.79 Å². The van der Waals surface area contributed by atoms with Gasteiger partial charge >= 0.3 is 0 Å². The van der Waals surface area contributed by atoms with E-state index in [0.717, 1.165) is 11.9 Å². The molecule has 168 valence electrons. The minimum absolute atomic E-state index is 0.0659. The highest BCUT2D eigenvalue weighted by atomic mass is 32.2. The molecule has 2 aromatic carbocycles. The maximum atomic E-state index is 13.6. The molecule has 0 aliphatic carbocycles. The Labute approximate surface area is 190 Å². The summed E-state index contributed by atoms with van der Waals surface area (Å²) < 4.78 is 43.1. The van der Waals surface area contributed by atoms with Gasteiger partial charge in [0.05, 0.1) is 15.1 Å².